The number of methoxy groups -OCH3 is 1. The maximum Gasteiger partial charge on any atom is 0.367 e. The van der Waals surface area contributed by atoms with Gasteiger partial charge in [-0.05, 0) is 32.1 Å². The molecule has 2 aromatic rings. The summed E-state index contributed by atoms with van der Waals surface area (Å²) in [6.07, 6.45) is 3.10. The van der Waals surface area contributed by atoms with Crippen molar-refractivity contribution in [3.63, 3.8) is 0 Å². The lowest BCUT2D eigenvalue weighted by Gasteiger charge is -2.10. The van der Waals surface area contributed by atoms with Gasteiger partial charge in [0.25, 0.3) is 0 Å². The van der Waals surface area contributed by atoms with Crippen molar-refractivity contribution >= 4 is 23.3 Å². The third kappa shape index (κ3) is 4.73. The van der Waals surface area contributed by atoms with E-state index in [1.807, 2.05) is 30.3 Å². The molecule has 2 unspecified atom stereocenters. The molecule has 144 valence electrons. The number of nitrogens with zero attached hydrogens (tertiary/aromatic N) is 1. The summed E-state index contributed by atoms with van der Waals surface area (Å²) in [5.41, 5.74) is 1.21. The highest BCUT2D eigenvalue weighted by atomic mass is 32.1. The smallest absolute Gasteiger partial charge is 0.367 e. The van der Waals surface area contributed by atoms with Crippen LogP contribution < -0.4 is 0 Å². The molecule has 0 bridgehead atoms. The molecular formula is C20H23NO5S. The van der Waals surface area contributed by atoms with Gasteiger partial charge in [0.15, 0.2) is 0 Å². The van der Waals surface area contributed by atoms with Gasteiger partial charge < -0.3 is 14.2 Å². The van der Waals surface area contributed by atoms with Gasteiger partial charge in [-0.25, -0.2) is 14.6 Å². The number of carbonyl (C=O) groups is 2. The van der Waals surface area contributed by atoms with E-state index in [-0.39, 0.29) is 17.7 Å². The molecule has 1 heterocycles. The van der Waals surface area contributed by atoms with Crippen LogP contribution in [0, 0.1) is 5.92 Å². The van der Waals surface area contributed by atoms with Crippen LogP contribution >= 0.6 is 11.3 Å². The standard InChI is InChI=1S/C20H23NO5S/c1-3-25-19(22)17-16(14-7-5-4-6-8-14)21-18(27-17)20(23)26-12-13-9-10-15(11-13)24-2/h4-8,13,15H,3,9-12H2,1-2H3. The summed E-state index contributed by atoms with van der Waals surface area (Å²) in [4.78, 5) is 29.5. The highest BCUT2D eigenvalue weighted by Crippen LogP contribution is 2.31. The largest absolute Gasteiger partial charge is 0.462 e. The minimum Gasteiger partial charge on any atom is -0.462 e. The van der Waals surface area contributed by atoms with Crippen molar-refractivity contribution in [1.29, 1.82) is 0 Å². The van der Waals surface area contributed by atoms with E-state index in [0.29, 0.717) is 23.1 Å². The zero-order valence-corrected chi connectivity index (χ0v) is 16.3. The van der Waals surface area contributed by atoms with Crippen LogP contribution in [0.2, 0.25) is 0 Å². The molecule has 1 aromatic heterocycles. The van der Waals surface area contributed by atoms with Crippen LogP contribution in [0.25, 0.3) is 11.3 Å². The number of benzene rings is 1. The fourth-order valence-corrected chi connectivity index (χ4v) is 4.06. The van der Waals surface area contributed by atoms with E-state index in [1.165, 1.54) is 0 Å². The van der Waals surface area contributed by atoms with Crippen LogP contribution in [-0.4, -0.2) is 43.4 Å². The number of rotatable bonds is 7. The average Bonchev–Trinajstić information content (AvgIpc) is 3.34. The predicted octanol–water partition coefficient (Wildman–Crippen LogP) is 3.96. The first-order valence-corrected chi connectivity index (χ1v) is 9.87. The SMILES string of the molecule is CCOC(=O)c1sc(C(=O)OCC2CCC(OC)C2)nc1-c1ccccc1. The molecule has 27 heavy (non-hydrogen) atoms. The Bertz CT molecular complexity index is 789. The van der Waals surface area contributed by atoms with Gasteiger partial charge in [-0.3, -0.25) is 0 Å². The first-order chi connectivity index (χ1) is 13.1. The molecule has 7 heteroatoms. The van der Waals surface area contributed by atoms with Gasteiger partial charge in [0.1, 0.15) is 4.88 Å². The van der Waals surface area contributed by atoms with Gasteiger partial charge in [0.05, 0.1) is 25.0 Å². The first kappa shape index (κ1) is 19.5. The van der Waals surface area contributed by atoms with Crippen LogP contribution in [-0.2, 0) is 14.2 Å². The third-order valence-corrected chi connectivity index (χ3v) is 5.60. The van der Waals surface area contributed by atoms with Crippen LogP contribution in [0.5, 0.6) is 0 Å². The molecule has 1 aliphatic carbocycles. The highest BCUT2D eigenvalue weighted by molar-refractivity contribution is 7.15. The molecule has 3 rings (SSSR count). The van der Waals surface area contributed by atoms with Crippen LogP contribution in [0.4, 0.5) is 0 Å². The molecule has 0 saturated heterocycles. The Morgan fingerprint density at radius 2 is 1.93 bits per heavy atom. The average molecular weight is 389 g/mol. The predicted molar refractivity (Wildman–Crippen MR) is 102 cm³/mol. The molecule has 6 nitrogen and oxygen atoms in total. The Morgan fingerprint density at radius 3 is 2.59 bits per heavy atom. The van der Waals surface area contributed by atoms with Crippen molar-refractivity contribution < 1.29 is 23.8 Å². The second-order valence-electron chi connectivity index (χ2n) is 6.42. The molecule has 0 amide bonds. The maximum absolute atomic E-state index is 12.5. The molecule has 0 spiro atoms. The van der Waals surface area contributed by atoms with Gasteiger partial charge in [0.2, 0.25) is 5.01 Å². The molecule has 0 aliphatic heterocycles. The fraction of sp³-hybridized carbons (Fsp3) is 0.450. The summed E-state index contributed by atoms with van der Waals surface area (Å²) in [6.45, 7) is 2.34. The Morgan fingerprint density at radius 1 is 1.15 bits per heavy atom. The fourth-order valence-electron chi connectivity index (χ4n) is 3.18. The number of carbonyl (C=O) groups excluding carboxylic acids is 2. The van der Waals surface area contributed by atoms with E-state index >= 15 is 0 Å². The lowest BCUT2D eigenvalue weighted by molar-refractivity contribution is 0.0419. The van der Waals surface area contributed by atoms with Crippen molar-refractivity contribution in [2.75, 3.05) is 20.3 Å². The summed E-state index contributed by atoms with van der Waals surface area (Å²) >= 11 is 1.01. The van der Waals surface area contributed by atoms with Gasteiger partial charge in [-0.15, -0.1) is 0 Å². The molecule has 1 aromatic carbocycles. The molecule has 0 radical (unpaired) electrons. The van der Waals surface area contributed by atoms with E-state index in [9.17, 15) is 9.59 Å². The monoisotopic (exact) mass is 389 g/mol. The van der Waals surface area contributed by atoms with Crippen LogP contribution in [0.3, 0.4) is 0 Å². The molecule has 0 N–H and O–H groups in total. The number of aromatic nitrogens is 1. The summed E-state index contributed by atoms with van der Waals surface area (Å²) < 4.78 is 15.9. The minimum absolute atomic E-state index is 0.165. The summed E-state index contributed by atoms with van der Waals surface area (Å²) in [5.74, 6) is -0.683. The van der Waals surface area contributed by atoms with Crippen molar-refractivity contribution in [3.8, 4) is 11.3 Å². The molecule has 1 saturated carbocycles. The first-order valence-electron chi connectivity index (χ1n) is 9.05. The second kappa shape index (κ2) is 9.10. The van der Waals surface area contributed by atoms with Crippen molar-refractivity contribution in [2.24, 2.45) is 5.92 Å². The zero-order valence-electron chi connectivity index (χ0n) is 15.5. The number of esters is 2. The zero-order chi connectivity index (χ0) is 19.2. The quantitative estimate of drug-likeness (QED) is 0.667. The number of ether oxygens (including phenoxy) is 3. The van der Waals surface area contributed by atoms with Gasteiger partial charge in [-0.2, -0.15) is 0 Å². The Hall–Kier alpha value is -2.25. The van der Waals surface area contributed by atoms with E-state index in [4.69, 9.17) is 14.2 Å². The number of hydrogen-bond donors (Lipinski definition) is 0. The lowest BCUT2D eigenvalue weighted by atomic mass is 10.1. The lowest BCUT2D eigenvalue weighted by Crippen LogP contribution is -2.13. The summed E-state index contributed by atoms with van der Waals surface area (Å²) in [6, 6.07) is 9.28. The minimum atomic E-state index is -0.506. The second-order valence-corrected chi connectivity index (χ2v) is 7.42. The molecule has 1 aliphatic rings. The van der Waals surface area contributed by atoms with E-state index in [1.54, 1.807) is 14.0 Å². The van der Waals surface area contributed by atoms with Gasteiger partial charge >= 0.3 is 11.9 Å². The van der Waals surface area contributed by atoms with E-state index in [0.717, 1.165) is 36.2 Å². The van der Waals surface area contributed by atoms with Gasteiger partial charge in [0, 0.05) is 12.7 Å². The van der Waals surface area contributed by atoms with E-state index < -0.39 is 11.9 Å². The molecular weight excluding hydrogens is 366 g/mol. The van der Waals surface area contributed by atoms with Crippen LogP contribution in [0.1, 0.15) is 45.7 Å². The third-order valence-electron chi connectivity index (χ3n) is 4.59. The number of thiazole rings is 1. The Kier molecular flexibility index (Phi) is 6.58. The topological polar surface area (TPSA) is 74.7 Å². The van der Waals surface area contributed by atoms with Crippen molar-refractivity contribution in [2.45, 2.75) is 32.3 Å². The Labute approximate surface area is 162 Å². The van der Waals surface area contributed by atoms with Crippen LogP contribution in [0.15, 0.2) is 30.3 Å². The Balaban J connectivity index is 1.75. The molecule has 1 fully saturated rings. The van der Waals surface area contributed by atoms with E-state index in [2.05, 4.69) is 4.98 Å². The highest BCUT2D eigenvalue weighted by Gasteiger charge is 2.28. The number of hydrogen-bond acceptors (Lipinski definition) is 7. The maximum atomic E-state index is 12.5. The van der Waals surface area contributed by atoms with Crippen molar-refractivity contribution in [1.82, 2.24) is 4.98 Å². The molecule has 2 atom stereocenters. The summed E-state index contributed by atoms with van der Waals surface area (Å²) in [5, 5.41) is 0.165. The van der Waals surface area contributed by atoms with Gasteiger partial charge in [-0.1, -0.05) is 41.7 Å². The van der Waals surface area contributed by atoms with Crippen molar-refractivity contribution in [3.05, 3.63) is 40.2 Å². The summed E-state index contributed by atoms with van der Waals surface area (Å²) in [7, 11) is 1.71. The normalized spacial score (nSPS) is 19.0.